The third-order valence-corrected chi connectivity index (χ3v) is 7.98. The van der Waals surface area contributed by atoms with Gasteiger partial charge >= 0.3 is 0 Å². The highest BCUT2D eigenvalue weighted by Gasteiger charge is 2.30. The Morgan fingerprint density at radius 1 is 1.15 bits per heavy atom. The maximum absolute atomic E-state index is 13.5. The van der Waals surface area contributed by atoms with E-state index in [1.54, 1.807) is 0 Å². The summed E-state index contributed by atoms with van der Waals surface area (Å²) in [5.41, 5.74) is 5.94. The Morgan fingerprint density at radius 2 is 1.97 bits per heavy atom. The minimum Gasteiger partial charge on any atom is -0.355 e. The maximum atomic E-state index is 13.5. The highest BCUT2D eigenvalue weighted by atomic mass is 79.9. The molecule has 34 heavy (non-hydrogen) atoms. The second-order valence-electron chi connectivity index (χ2n) is 9.63. The number of likely N-dealkylation sites (N-methyl/N-ethyl adjacent to an activating group) is 1. The van der Waals surface area contributed by atoms with Crippen molar-refractivity contribution in [3.05, 3.63) is 68.8 Å². The molecule has 2 atom stereocenters. The molecule has 0 bridgehead atoms. The molecule has 2 aromatic carbocycles. The van der Waals surface area contributed by atoms with Crippen LogP contribution in [-0.4, -0.2) is 66.0 Å². The number of hydrogen-bond acceptors (Lipinski definition) is 3. The molecular weight excluding hydrogens is 512 g/mol. The molecule has 2 aliphatic rings. The lowest BCUT2D eigenvalue weighted by Gasteiger charge is -2.42. The van der Waals surface area contributed by atoms with E-state index >= 15 is 0 Å². The number of fused-ring (bicyclic) bond motifs is 2. The van der Waals surface area contributed by atoms with Gasteiger partial charge in [-0.1, -0.05) is 33.6 Å². The van der Waals surface area contributed by atoms with Crippen LogP contribution in [0, 0.1) is 0 Å². The van der Waals surface area contributed by atoms with Crippen LogP contribution in [0.15, 0.2) is 46.9 Å². The number of H-pyrrole nitrogens is 1. The van der Waals surface area contributed by atoms with Gasteiger partial charge in [0.1, 0.15) is 0 Å². The predicted molar refractivity (Wildman–Crippen MR) is 144 cm³/mol. The Kier molecular flexibility index (Phi) is 6.60. The summed E-state index contributed by atoms with van der Waals surface area (Å²) in [4.78, 5) is 21.9. The number of hydrogen-bond donors (Lipinski definition) is 2. The molecular formula is C27H30BrClN4O. The molecule has 1 aliphatic carbocycles. The van der Waals surface area contributed by atoms with E-state index in [9.17, 15) is 4.79 Å². The quantitative estimate of drug-likeness (QED) is 0.467. The number of carbonyl (C=O) groups excluding carboxylic acids is 1. The standard InChI is InChI=1S/C27H30BrClN4O/c1-16-15-33(17(2)14-32(16)3)9-8-30-27(34)26-22-6-4-20(28)10-18(22)12-23(26)25-13-19-11-21(29)5-7-24(19)31-25/h4-7,10-11,13,16-17,31H,8-9,12,14-15H2,1-3H3,(H,30,34)/t16-,17+/m1/s1. The third-order valence-electron chi connectivity index (χ3n) is 7.25. The fourth-order valence-corrected chi connectivity index (χ4v) is 5.82. The van der Waals surface area contributed by atoms with Crippen molar-refractivity contribution in [1.82, 2.24) is 20.1 Å². The SMILES string of the molecule is C[C@@H]1CN(CCNC(=O)C2=C(c3cc4cc(Cl)ccc4[nH]3)Cc3cc(Br)ccc32)[C@@H](C)CN1C. The summed E-state index contributed by atoms with van der Waals surface area (Å²) in [5, 5.41) is 4.97. The van der Waals surface area contributed by atoms with Crippen LogP contribution in [0.3, 0.4) is 0 Å². The van der Waals surface area contributed by atoms with Gasteiger partial charge in [-0.25, -0.2) is 0 Å². The number of amides is 1. The lowest BCUT2D eigenvalue weighted by molar-refractivity contribution is -0.115. The van der Waals surface area contributed by atoms with Crippen LogP contribution in [0.5, 0.6) is 0 Å². The Labute approximate surface area is 214 Å². The van der Waals surface area contributed by atoms with E-state index in [1.165, 1.54) is 0 Å². The van der Waals surface area contributed by atoms with Gasteiger partial charge in [-0.05, 0) is 74.0 Å². The molecule has 1 aromatic heterocycles. The van der Waals surface area contributed by atoms with Crippen LogP contribution in [0.4, 0.5) is 0 Å². The Morgan fingerprint density at radius 3 is 2.79 bits per heavy atom. The Balaban J connectivity index is 1.40. The van der Waals surface area contributed by atoms with Gasteiger partial charge in [0.05, 0.1) is 5.57 Å². The zero-order valence-corrected chi connectivity index (χ0v) is 22.1. The highest BCUT2D eigenvalue weighted by molar-refractivity contribution is 9.10. The number of nitrogens with zero attached hydrogens (tertiary/aromatic N) is 2. The van der Waals surface area contributed by atoms with Gasteiger partial charge in [0.25, 0.3) is 5.91 Å². The number of aromatic amines is 1. The summed E-state index contributed by atoms with van der Waals surface area (Å²) in [6.45, 7) is 8.08. The predicted octanol–water partition coefficient (Wildman–Crippen LogP) is 5.19. The topological polar surface area (TPSA) is 51.4 Å². The number of carbonyl (C=O) groups is 1. The second-order valence-corrected chi connectivity index (χ2v) is 11.0. The molecule has 0 radical (unpaired) electrons. The first-order valence-corrected chi connectivity index (χ1v) is 13.0. The van der Waals surface area contributed by atoms with Gasteiger partial charge < -0.3 is 15.2 Å². The Bertz CT molecular complexity index is 1280. The Hall–Kier alpha value is -2.12. The van der Waals surface area contributed by atoms with Crippen LogP contribution in [0.25, 0.3) is 22.0 Å². The minimum absolute atomic E-state index is 0.0115. The van der Waals surface area contributed by atoms with E-state index < -0.39 is 0 Å². The lowest BCUT2D eigenvalue weighted by atomic mass is 10.0. The molecule has 5 rings (SSSR count). The van der Waals surface area contributed by atoms with Crippen molar-refractivity contribution >= 4 is 55.5 Å². The van der Waals surface area contributed by atoms with Crippen molar-refractivity contribution in [2.75, 3.05) is 33.2 Å². The number of aromatic nitrogens is 1. The molecule has 5 nitrogen and oxygen atoms in total. The largest absolute Gasteiger partial charge is 0.355 e. The first kappa shape index (κ1) is 23.6. The summed E-state index contributed by atoms with van der Waals surface area (Å²) in [6, 6.07) is 15.1. The van der Waals surface area contributed by atoms with Crippen molar-refractivity contribution in [2.24, 2.45) is 0 Å². The van der Waals surface area contributed by atoms with Gasteiger partial charge in [-0.15, -0.1) is 0 Å². The van der Waals surface area contributed by atoms with Crippen LogP contribution >= 0.6 is 27.5 Å². The highest BCUT2D eigenvalue weighted by Crippen LogP contribution is 2.40. The van der Waals surface area contributed by atoms with Crippen molar-refractivity contribution in [3.63, 3.8) is 0 Å². The number of allylic oxidation sites excluding steroid dienone is 1. The van der Waals surface area contributed by atoms with E-state index in [0.29, 0.717) is 30.1 Å². The molecule has 3 aromatic rings. The van der Waals surface area contributed by atoms with Crippen molar-refractivity contribution in [2.45, 2.75) is 32.4 Å². The first-order chi connectivity index (χ1) is 16.3. The first-order valence-electron chi connectivity index (χ1n) is 11.8. The average molecular weight is 542 g/mol. The number of halogens is 2. The van der Waals surface area contributed by atoms with Crippen molar-refractivity contribution in [3.8, 4) is 0 Å². The molecule has 2 N–H and O–H groups in total. The molecule has 178 valence electrons. The van der Waals surface area contributed by atoms with Crippen molar-refractivity contribution < 1.29 is 4.79 Å². The zero-order valence-electron chi connectivity index (χ0n) is 19.8. The zero-order chi connectivity index (χ0) is 24.0. The second kappa shape index (κ2) is 9.50. The van der Waals surface area contributed by atoms with Gasteiger partial charge in [0.15, 0.2) is 0 Å². The molecule has 7 heteroatoms. The summed E-state index contributed by atoms with van der Waals surface area (Å²) in [5.74, 6) is -0.0115. The number of piperazine rings is 1. The molecule has 0 saturated carbocycles. The van der Waals surface area contributed by atoms with Gasteiger partial charge in [-0.3, -0.25) is 9.69 Å². The van der Waals surface area contributed by atoms with E-state index in [0.717, 1.165) is 63.0 Å². The van der Waals surface area contributed by atoms with Gasteiger partial charge in [0.2, 0.25) is 0 Å². The van der Waals surface area contributed by atoms with Crippen LogP contribution < -0.4 is 5.32 Å². The summed E-state index contributed by atoms with van der Waals surface area (Å²) in [7, 11) is 2.18. The fourth-order valence-electron chi connectivity index (χ4n) is 5.23. The van der Waals surface area contributed by atoms with Gasteiger partial charge in [0, 0.05) is 70.8 Å². The van der Waals surface area contributed by atoms with Gasteiger partial charge in [-0.2, -0.15) is 0 Å². The minimum atomic E-state index is -0.0115. The molecule has 0 spiro atoms. The van der Waals surface area contributed by atoms with Crippen molar-refractivity contribution in [1.29, 1.82) is 0 Å². The molecule has 1 amide bonds. The summed E-state index contributed by atoms with van der Waals surface area (Å²) in [6.07, 6.45) is 0.713. The molecule has 0 unspecified atom stereocenters. The number of rotatable bonds is 5. The summed E-state index contributed by atoms with van der Waals surface area (Å²) < 4.78 is 1.02. The molecule has 1 aliphatic heterocycles. The number of nitrogens with one attached hydrogen (secondary N) is 2. The van der Waals surface area contributed by atoms with Crippen LogP contribution in [-0.2, 0) is 11.2 Å². The van der Waals surface area contributed by atoms with E-state index in [-0.39, 0.29) is 5.91 Å². The molecule has 1 fully saturated rings. The van der Waals surface area contributed by atoms with Crippen LogP contribution in [0.1, 0.15) is 30.7 Å². The summed E-state index contributed by atoms with van der Waals surface area (Å²) >= 11 is 9.79. The molecule has 1 saturated heterocycles. The fraction of sp³-hybridized carbons (Fsp3) is 0.370. The van der Waals surface area contributed by atoms with E-state index in [4.69, 9.17) is 11.6 Å². The third kappa shape index (κ3) is 4.57. The number of benzene rings is 2. The van der Waals surface area contributed by atoms with E-state index in [2.05, 4.69) is 69.1 Å². The maximum Gasteiger partial charge on any atom is 0.252 e. The monoisotopic (exact) mass is 540 g/mol. The van der Waals surface area contributed by atoms with Crippen LogP contribution in [0.2, 0.25) is 5.02 Å². The normalized spacial score (nSPS) is 21.3. The van der Waals surface area contributed by atoms with E-state index in [1.807, 2.05) is 30.3 Å². The molecule has 2 heterocycles. The average Bonchev–Trinajstić information content (AvgIpc) is 3.37. The lowest BCUT2D eigenvalue weighted by Crippen LogP contribution is -2.56. The smallest absolute Gasteiger partial charge is 0.252 e.